The van der Waals surface area contributed by atoms with Crippen LogP contribution in [0.1, 0.15) is 48.8 Å². The summed E-state index contributed by atoms with van der Waals surface area (Å²) >= 11 is 0. The zero-order valence-corrected chi connectivity index (χ0v) is 15.7. The van der Waals surface area contributed by atoms with E-state index in [1.54, 1.807) is 13.3 Å². The molecule has 5 nitrogen and oxygen atoms in total. The van der Waals surface area contributed by atoms with Crippen LogP contribution in [-0.2, 0) is 0 Å². The lowest BCUT2D eigenvalue weighted by Gasteiger charge is -2.23. The zero-order chi connectivity index (χ0) is 18.5. The molecule has 1 aromatic heterocycles. The van der Waals surface area contributed by atoms with Crippen LogP contribution in [0.25, 0.3) is 0 Å². The third-order valence-electron chi connectivity index (χ3n) is 4.88. The molecular weight excluding hydrogens is 326 g/mol. The summed E-state index contributed by atoms with van der Waals surface area (Å²) in [5, 5.41) is 3.14. The molecule has 2 heterocycles. The Morgan fingerprint density at radius 1 is 1.15 bits per heavy atom. The molecule has 138 valence electrons. The van der Waals surface area contributed by atoms with Gasteiger partial charge in [0, 0.05) is 25.0 Å². The second kappa shape index (κ2) is 8.21. The summed E-state index contributed by atoms with van der Waals surface area (Å²) in [7, 11) is 1.65. The number of ether oxygens (including phenoxy) is 1. The van der Waals surface area contributed by atoms with Crippen LogP contribution >= 0.6 is 0 Å². The van der Waals surface area contributed by atoms with Crippen molar-refractivity contribution in [2.24, 2.45) is 5.92 Å². The van der Waals surface area contributed by atoms with Gasteiger partial charge in [-0.05, 0) is 48.6 Å². The number of hydrogen-bond donors (Lipinski definition) is 1. The van der Waals surface area contributed by atoms with Crippen molar-refractivity contribution in [2.45, 2.75) is 32.7 Å². The van der Waals surface area contributed by atoms with E-state index < -0.39 is 0 Å². The number of benzene rings is 1. The second-order valence-corrected chi connectivity index (χ2v) is 7.06. The Bertz CT molecular complexity index is 737. The molecule has 26 heavy (non-hydrogen) atoms. The predicted octanol–water partition coefficient (Wildman–Crippen LogP) is 3.82. The molecule has 2 aromatic rings. The number of nitrogens with zero attached hydrogens (tertiary/aromatic N) is 2. The Morgan fingerprint density at radius 2 is 1.85 bits per heavy atom. The van der Waals surface area contributed by atoms with Crippen LogP contribution in [0.2, 0.25) is 0 Å². The van der Waals surface area contributed by atoms with Crippen molar-refractivity contribution < 1.29 is 9.53 Å². The molecule has 1 unspecified atom stereocenters. The summed E-state index contributed by atoms with van der Waals surface area (Å²) in [4.78, 5) is 19.4. The molecule has 0 bridgehead atoms. The maximum atomic E-state index is 12.8. The quantitative estimate of drug-likeness (QED) is 0.858. The van der Waals surface area contributed by atoms with Crippen LogP contribution in [0.4, 0.5) is 5.69 Å². The molecule has 1 aromatic carbocycles. The molecule has 3 rings (SSSR count). The number of pyridine rings is 1. The molecule has 1 amide bonds. The Morgan fingerprint density at radius 3 is 2.46 bits per heavy atom. The van der Waals surface area contributed by atoms with Gasteiger partial charge in [0.2, 0.25) is 0 Å². The number of aromatic nitrogens is 1. The van der Waals surface area contributed by atoms with E-state index in [0.717, 1.165) is 30.1 Å². The van der Waals surface area contributed by atoms with Gasteiger partial charge in [-0.2, -0.15) is 0 Å². The minimum absolute atomic E-state index is 0.0781. The van der Waals surface area contributed by atoms with Crippen LogP contribution in [0.15, 0.2) is 42.6 Å². The number of rotatable bonds is 6. The smallest absolute Gasteiger partial charge is 0.270 e. The molecule has 0 saturated carbocycles. The molecule has 1 N–H and O–H groups in total. The van der Waals surface area contributed by atoms with Gasteiger partial charge < -0.3 is 15.0 Å². The summed E-state index contributed by atoms with van der Waals surface area (Å²) in [6.07, 6.45) is 4.13. The van der Waals surface area contributed by atoms with Gasteiger partial charge in [0.15, 0.2) is 0 Å². The minimum atomic E-state index is -0.138. The highest BCUT2D eigenvalue weighted by molar-refractivity contribution is 5.93. The maximum absolute atomic E-state index is 12.8. The average molecular weight is 353 g/mol. The fourth-order valence-electron chi connectivity index (χ4n) is 3.38. The summed E-state index contributed by atoms with van der Waals surface area (Å²) in [6, 6.07) is 11.6. The maximum Gasteiger partial charge on any atom is 0.270 e. The molecule has 1 aliphatic rings. The number of anilines is 1. The predicted molar refractivity (Wildman–Crippen MR) is 104 cm³/mol. The van der Waals surface area contributed by atoms with Crippen molar-refractivity contribution in [1.82, 2.24) is 10.3 Å². The average Bonchev–Trinajstić information content (AvgIpc) is 3.21. The fourth-order valence-corrected chi connectivity index (χ4v) is 3.38. The zero-order valence-electron chi connectivity index (χ0n) is 15.7. The van der Waals surface area contributed by atoms with Crippen molar-refractivity contribution in [3.8, 4) is 5.75 Å². The summed E-state index contributed by atoms with van der Waals surface area (Å²) in [6.45, 7) is 6.30. The number of nitrogens with one attached hydrogen (secondary N) is 1. The van der Waals surface area contributed by atoms with Gasteiger partial charge in [0.05, 0.1) is 13.2 Å². The monoisotopic (exact) mass is 353 g/mol. The standard InChI is InChI=1S/C21H27N3O2/c1-15(2)20(16-6-8-18(26-3)9-7-16)23-21(25)19-14-17(10-11-22-19)24-12-4-5-13-24/h6-11,14-15,20H,4-5,12-13H2,1-3H3,(H,23,25). The van der Waals surface area contributed by atoms with E-state index in [1.807, 2.05) is 36.4 Å². The van der Waals surface area contributed by atoms with E-state index in [4.69, 9.17) is 4.74 Å². The summed E-state index contributed by atoms with van der Waals surface area (Å²) in [5.41, 5.74) is 2.60. The first-order valence-electron chi connectivity index (χ1n) is 9.24. The van der Waals surface area contributed by atoms with Crippen LogP contribution in [0, 0.1) is 5.92 Å². The largest absolute Gasteiger partial charge is 0.497 e. The highest BCUT2D eigenvalue weighted by atomic mass is 16.5. The van der Waals surface area contributed by atoms with Crippen LogP contribution in [0.3, 0.4) is 0 Å². The number of methoxy groups -OCH3 is 1. The number of carbonyl (C=O) groups excluding carboxylic acids is 1. The first-order valence-corrected chi connectivity index (χ1v) is 9.24. The first-order chi connectivity index (χ1) is 12.6. The van der Waals surface area contributed by atoms with E-state index in [-0.39, 0.29) is 17.9 Å². The molecule has 1 aliphatic heterocycles. The van der Waals surface area contributed by atoms with Crippen molar-refractivity contribution in [2.75, 3.05) is 25.1 Å². The van der Waals surface area contributed by atoms with Gasteiger partial charge >= 0.3 is 0 Å². The minimum Gasteiger partial charge on any atom is -0.497 e. The van der Waals surface area contributed by atoms with Crippen LogP contribution in [-0.4, -0.2) is 31.1 Å². The van der Waals surface area contributed by atoms with Crippen molar-refractivity contribution in [3.05, 3.63) is 53.9 Å². The van der Waals surface area contributed by atoms with E-state index in [1.165, 1.54) is 12.8 Å². The summed E-state index contributed by atoms with van der Waals surface area (Å²) in [5.74, 6) is 0.928. The summed E-state index contributed by atoms with van der Waals surface area (Å²) < 4.78 is 5.22. The molecule has 1 atom stereocenters. The Hall–Kier alpha value is -2.56. The van der Waals surface area contributed by atoms with E-state index in [2.05, 4.69) is 29.0 Å². The molecule has 1 saturated heterocycles. The SMILES string of the molecule is COc1ccc(C(NC(=O)c2cc(N3CCCC3)ccn2)C(C)C)cc1. The lowest BCUT2D eigenvalue weighted by Crippen LogP contribution is -2.32. The molecular formula is C21H27N3O2. The van der Waals surface area contributed by atoms with Gasteiger partial charge in [-0.3, -0.25) is 9.78 Å². The Labute approximate surface area is 155 Å². The van der Waals surface area contributed by atoms with E-state index in [0.29, 0.717) is 5.69 Å². The van der Waals surface area contributed by atoms with Crippen molar-refractivity contribution in [3.63, 3.8) is 0 Å². The first kappa shape index (κ1) is 18.2. The third kappa shape index (κ3) is 4.15. The van der Waals surface area contributed by atoms with Gasteiger partial charge in [0.1, 0.15) is 11.4 Å². The Kier molecular flexibility index (Phi) is 5.76. The molecule has 1 fully saturated rings. The lowest BCUT2D eigenvalue weighted by atomic mass is 9.95. The van der Waals surface area contributed by atoms with Crippen molar-refractivity contribution >= 4 is 11.6 Å². The highest BCUT2D eigenvalue weighted by Crippen LogP contribution is 2.25. The van der Waals surface area contributed by atoms with Crippen LogP contribution < -0.4 is 15.0 Å². The Balaban J connectivity index is 1.76. The molecule has 0 radical (unpaired) electrons. The second-order valence-electron chi connectivity index (χ2n) is 7.06. The lowest BCUT2D eigenvalue weighted by molar-refractivity contribution is 0.0920. The normalized spacial score (nSPS) is 15.2. The van der Waals surface area contributed by atoms with Crippen LogP contribution in [0.5, 0.6) is 5.75 Å². The third-order valence-corrected chi connectivity index (χ3v) is 4.88. The van der Waals surface area contributed by atoms with Gasteiger partial charge in [-0.15, -0.1) is 0 Å². The molecule has 5 heteroatoms. The number of hydrogen-bond acceptors (Lipinski definition) is 4. The van der Waals surface area contributed by atoms with Crippen molar-refractivity contribution in [1.29, 1.82) is 0 Å². The van der Waals surface area contributed by atoms with Gasteiger partial charge in [-0.1, -0.05) is 26.0 Å². The fraction of sp³-hybridized carbons (Fsp3) is 0.429. The van der Waals surface area contributed by atoms with Gasteiger partial charge in [-0.25, -0.2) is 0 Å². The molecule has 0 aliphatic carbocycles. The topological polar surface area (TPSA) is 54.5 Å². The van der Waals surface area contributed by atoms with E-state index in [9.17, 15) is 4.79 Å². The van der Waals surface area contributed by atoms with Gasteiger partial charge in [0.25, 0.3) is 5.91 Å². The molecule has 0 spiro atoms. The van der Waals surface area contributed by atoms with E-state index >= 15 is 0 Å². The number of carbonyl (C=O) groups is 1. The highest BCUT2D eigenvalue weighted by Gasteiger charge is 2.21. The number of amides is 1.